The van der Waals surface area contributed by atoms with Gasteiger partial charge in [0.25, 0.3) is 5.91 Å². The standard InChI is InChI=1S/C30H43N5O5Si/c1-19(2)32-28(36)23-17-35(18-38-13-14-41(6,7)8)27-26(23)34-25(16-31-27)39-21-11-9-20-10-12-24(22(20)15-21)33-29(37)40-30(3,4)5/h9,11,15-17,19,24H,10,12-14,18H2,1-8H3,(H,32,36)(H,33,37)/t24-/m0/s1. The molecule has 41 heavy (non-hydrogen) atoms. The maximum Gasteiger partial charge on any atom is 0.408 e. The van der Waals surface area contributed by atoms with E-state index in [0.29, 0.717) is 29.1 Å². The van der Waals surface area contributed by atoms with Gasteiger partial charge in [0, 0.05) is 26.9 Å². The van der Waals surface area contributed by atoms with Crippen molar-refractivity contribution in [3.8, 4) is 11.6 Å². The lowest BCUT2D eigenvalue weighted by molar-refractivity contribution is 0.0503. The second-order valence-corrected chi connectivity index (χ2v) is 18.7. The van der Waals surface area contributed by atoms with E-state index in [1.807, 2.05) is 57.4 Å². The molecule has 2 N–H and O–H groups in total. The van der Waals surface area contributed by atoms with Gasteiger partial charge in [-0.2, -0.15) is 0 Å². The average molecular weight is 582 g/mol. The number of fused-ring (bicyclic) bond motifs is 2. The molecule has 2 heterocycles. The monoisotopic (exact) mass is 581 g/mol. The zero-order valence-corrected chi connectivity index (χ0v) is 26.5. The van der Waals surface area contributed by atoms with Crippen LogP contribution in [0.25, 0.3) is 11.2 Å². The molecule has 0 saturated carbocycles. The van der Waals surface area contributed by atoms with Crippen LogP contribution in [0, 0.1) is 0 Å². The topological polar surface area (TPSA) is 117 Å². The molecule has 11 heteroatoms. The third-order valence-corrected chi connectivity index (χ3v) is 8.25. The van der Waals surface area contributed by atoms with Gasteiger partial charge in [-0.1, -0.05) is 25.7 Å². The van der Waals surface area contributed by atoms with Crippen molar-refractivity contribution in [1.29, 1.82) is 0 Å². The summed E-state index contributed by atoms with van der Waals surface area (Å²) < 4.78 is 19.3. The molecule has 0 aliphatic heterocycles. The molecule has 10 nitrogen and oxygen atoms in total. The van der Waals surface area contributed by atoms with Crippen molar-refractivity contribution in [1.82, 2.24) is 25.2 Å². The number of hydrogen-bond acceptors (Lipinski definition) is 7. The summed E-state index contributed by atoms with van der Waals surface area (Å²) in [5.74, 6) is 0.603. The number of rotatable bonds is 10. The molecule has 1 aliphatic rings. The van der Waals surface area contributed by atoms with Crippen LogP contribution in [0.1, 0.15) is 68.6 Å². The van der Waals surface area contributed by atoms with E-state index in [9.17, 15) is 9.59 Å². The predicted molar refractivity (Wildman–Crippen MR) is 161 cm³/mol. The molecule has 3 aromatic rings. The largest absolute Gasteiger partial charge is 0.444 e. The van der Waals surface area contributed by atoms with Gasteiger partial charge < -0.3 is 29.4 Å². The van der Waals surface area contributed by atoms with E-state index < -0.39 is 19.8 Å². The van der Waals surface area contributed by atoms with Crippen molar-refractivity contribution in [2.24, 2.45) is 0 Å². The number of carbonyl (C=O) groups is 2. The maximum atomic E-state index is 13.0. The van der Waals surface area contributed by atoms with Gasteiger partial charge in [0.2, 0.25) is 5.88 Å². The normalized spacial score (nSPS) is 15.2. The molecule has 0 bridgehead atoms. The number of nitrogens with zero attached hydrogens (tertiary/aromatic N) is 3. The molecule has 2 amide bonds. The molecule has 222 valence electrons. The van der Waals surface area contributed by atoms with Gasteiger partial charge in [0.05, 0.1) is 17.8 Å². The first kappa shape index (κ1) is 30.5. The van der Waals surface area contributed by atoms with Crippen molar-refractivity contribution < 1.29 is 23.8 Å². The van der Waals surface area contributed by atoms with Crippen molar-refractivity contribution in [3.05, 3.63) is 47.3 Å². The lowest BCUT2D eigenvalue weighted by Crippen LogP contribution is -2.34. The molecule has 1 aliphatic carbocycles. The van der Waals surface area contributed by atoms with Gasteiger partial charge in [-0.15, -0.1) is 0 Å². The van der Waals surface area contributed by atoms with Crippen LogP contribution < -0.4 is 15.4 Å². The zero-order chi connectivity index (χ0) is 29.9. The first-order valence-electron chi connectivity index (χ1n) is 14.2. The number of aromatic nitrogens is 3. The first-order valence-corrected chi connectivity index (χ1v) is 17.9. The smallest absolute Gasteiger partial charge is 0.408 e. The molecule has 0 unspecified atom stereocenters. The molecule has 0 radical (unpaired) electrons. The number of nitrogens with one attached hydrogen (secondary N) is 2. The number of alkyl carbamates (subject to hydrolysis) is 1. The first-order chi connectivity index (χ1) is 19.2. The molecule has 1 aromatic carbocycles. The highest BCUT2D eigenvalue weighted by molar-refractivity contribution is 6.76. The Balaban J connectivity index is 1.55. The van der Waals surface area contributed by atoms with E-state index in [0.717, 1.165) is 30.0 Å². The van der Waals surface area contributed by atoms with Crippen molar-refractivity contribution in [2.45, 2.75) is 97.6 Å². The average Bonchev–Trinajstić information content (AvgIpc) is 3.40. The number of carbonyl (C=O) groups excluding carboxylic acids is 2. The third kappa shape index (κ3) is 8.29. The van der Waals surface area contributed by atoms with Crippen molar-refractivity contribution in [3.63, 3.8) is 0 Å². The molecular formula is C30H43N5O5Si. The number of amides is 2. The molecule has 0 fully saturated rings. The Morgan fingerprint density at radius 3 is 2.63 bits per heavy atom. The SMILES string of the molecule is CC(C)NC(=O)c1cn(COCC[Si](C)(C)C)c2ncc(Oc3ccc4c(c3)[C@@H](NC(=O)OC(C)(C)C)CC4)nc12. The number of ether oxygens (including phenoxy) is 3. The summed E-state index contributed by atoms with van der Waals surface area (Å²) in [6.45, 7) is 17.2. The van der Waals surface area contributed by atoms with E-state index in [1.54, 1.807) is 12.4 Å². The van der Waals surface area contributed by atoms with Crippen LogP contribution in [0.5, 0.6) is 11.6 Å². The predicted octanol–water partition coefficient (Wildman–Crippen LogP) is 6.19. The van der Waals surface area contributed by atoms with E-state index in [1.165, 1.54) is 0 Å². The Labute approximate surface area is 243 Å². The quantitative estimate of drug-likeness (QED) is 0.217. The summed E-state index contributed by atoms with van der Waals surface area (Å²) >= 11 is 0. The number of benzene rings is 1. The van der Waals surface area contributed by atoms with Crippen LogP contribution in [0.15, 0.2) is 30.6 Å². The van der Waals surface area contributed by atoms with Gasteiger partial charge >= 0.3 is 6.09 Å². The molecule has 0 spiro atoms. The fourth-order valence-corrected chi connectivity index (χ4v) is 5.35. The summed E-state index contributed by atoms with van der Waals surface area (Å²) in [6.07, 6.45) is 4.48. The molecular weight excluding hydrogens is 538 g/mol. The van der Waals surface area contributed by atoms with Crippen LogP contribution in [0.3, 0.4) is 0 Å². The van der Waals surface area contributed by atoms with E-state index in [4.69, 9.17) is 14.2 Å². The second kappa shape index (κ2) is 12.2. The highest BCUT2D eigenvalue weighted by Crippen LogP contribution is 2.35. The lowest BCUT2D eigenvalue weighted by atomic mass is 10.1. The van der Waals surface area contributed by atoms with Gasteiger partial charge in [0.15, 0.2) is 5.65 Å². The fraction of sp³-hybridized carbons (Fsp3) is 0.533. The highest BCUT2D eigenvalue weighted by atomic mass is 28.3. The van der Waals surface area contributed by atoms with E-state index in [-0.39, 0.29) is 30.6 Å². The summed E-state index contributed by atoms with van der Waals surface area (Å²) in [5.41, 5.74) is 2.98. The summed E-state index contributed by atoms with van der Waals surface area (Å²) in [4.78, 5) is 34.7. The Bertz CT molecular complexity index is 1410. The van der Waals surface area contributed by atoms with Crippen LogP contribution in [0.2, 0.25) is 25.7 Å². The van der Waals surface area contributed by atoms with Crippen LogP contribution >= 0.6 is 0 Å². The summed E-state index contributed by atoms with van der Waals surface area (Å²) in [5, 5.41) is 5.92. The maximum absolute atomic E-state index is 13.0. The van der Waals surface area contributed by atoms with Crippen LogP contribution in [-0.2, 0) is 22.6 Å². The Kier molecular flexibility index (Phi) is 9.08. The Morgan fingerprint density at radius 1 is 1.20 bits per heavy atom. The highest BCUT2D eigenvalue weighted by Gasteiger charge is 2.27. The van der Waals surface area contributed by atoms with Crippen molar-refractivity contribution >= 4 is 31.2 Å². The minimum absolute atomic E-state index is 0.0325. The molecule has 1 atom stereocenters. The minimum Gasteiger partial charge on any atom is -0.444 e. The second-order valence-electron chi connectivity index (χ2n) is 13.1. The zero-order valence-electron chi connectivity index (χ0n) is 25.5. The molecule has 2 aromatic heterocycles. The van der Waals surface area contributed by atoms with Gasteiger partial charge in [-0.05, 0) is 76.8 Å². The molecule has 0 saturated heterocycles. The van der Waals surface area contributed by atoms with Crippen molar-refractivity contribution in [2.75, 3.05) is 6.61 Å². The minimum atomic E-state index is -1.22. The number of aryl methyl sites for hydroxylation is 1. The lowest BCUT2D eigenvalue weighted by Gasteiger charge is -2.22. The third-order valence-electron chi connectivity index (χ3n) is 6.54. The van der Waals surface area contributed by atoms with Crippen LogP contribution in [0.4, 0.5) is 4.79 Å². The molecule has 4 rings (SSSR count). The van der Waals surface area contributed by atoms with E-state index >= 15 is 0 Å². The summed E-state index contributed by atoms with van der Waals surface area (Å²) in [7, 11) is -1.22. The Morgan fingerprint density at radius 2 is 1.95 bits per heavy atom. The van der Waals surface area contributed by atoms with Gasteiger partial charge in [0.1, 0.15) is 23.6 Å². The van der Waals surface area contributed by atoms with Gasteiger partial charge in [-0.25, -0.2) is 14.8 Å². The van der Waals surface area contributed by atoms with Crippen LogP contribution in [-0.4, -0.2) is 52.9 Å². The fourth-order valence-electron chi connectivity index (χ4n) is 4.59. The van der Waals surface area contributed by atoms with Gasteiger partial charge in [-0.3, -0.25) is 4.79 Å². The Hall–Kier alpha value is -3.44. The summed E-state index contributed by atoms with van der Waals surface area (Å²) in [6, 6.07) is 6.65. The number of hydrogen-bond donors (Lipinski definition) is 2. The van der Waals surface area contributed by atoms with E-state index in [2.05, 4.69) is 40.2 Å².